The molecule has 122 valence electrons. The van der Waals surface area contributed by atoms with Gasteiger partial charge >= 0.3 is 0 Å². The lowest BCUT2D eigenvalue weighted by Crippen LogP contribution is -2.30. The third-order valence-electron chi connectivity index (χ3n) is 4.17. The van der Waals surface area contributed by atoms with Gasteiger partial charge < -0.3 is 4.90 Å². The molecule has 0 radical (unpaired) electrons. The Morgan fingerprint density at radius 1 is 1.17 bits per heavy atom. The first-order valence-corrected chi connectivity index (χ1v) is 9.14. The number of aromatic nitrogens is 1. The van der Waals surface area contributed by atoms with Crippen molar-refractivity contribution in [3.8, 4) is 0 Å². The summed E-state index contributed by atoms with van der Waals surface area (Å²) >= 11 is 0. The zero-order valence-electron chi connectivity index (χ0n) is 13.4. The molecule has 1 saturated heterocycles. The molecule has 2 aromatic rings. The Balaban J connectivity index is 1.96. The first kappa shape index (κ1) is 16.0. The van der Waals surface area contributed by atoms with Crippen LogP contribution >= 0.6 is 0 Å². The number of pyridine rings is 1. The lowest BCUT2D eigenvalue weighted by atomic mass is 10.1. The minimum atomic E-state index is -3.47. The van der Waals surface area contributed by atoms with E-state index in [0.717, 1.165) is 24.2 Å². The molecule has 5 nitrogen and oxygen atoms in total. The maximum atomic E-state index is 12.9. The highest BCUT2D eigenvalue weighted by Crippen LogP contribution is 2.37. The van der Waals surface area contributed by atoms with Crippen LogP contribution in [0.15, 0.2) is 53.6 Å². The second kappa shape index (κ2) is 6.29. The van der Waals surface area contributed by atoms with Gasteiger partial charge in [-0.1, -0.05) is 18.2 Å². The van der Waals surface area contributed by atoms with Crippen LogP contribution in [0.5, 0.6) is 0 Å². The van der Waals surface area contributed by atoms with Gasteiger partial charge in [-0.2, -0.15) is 4.31 Å². The Hall–Kier alpha value is -1.92. The lowest BCUT2D eigenvalue weighted by Gasteiger charge is -2.25. The van der Waals surface area contributed by atoms with Crippen LogP contribution in [0, 0.1) is 0 Å². The molecule has 1 aliphatic rings. The molecular weight excluding hydrogens is 310 g/mol. The molecular formula is C17H21N3O2S. The Morgan fingerprint density at radius 2 is 1.91 bits per heavy atom. The molecule has 1 fully saturated rings. The topological polar surface area (TPSA) is 53.5 Å². The van der Waals surface area contributed by atoms with E-state index < -0.39 is 10.0 Å². The predicted molar refractivity (Wildman–Crippen MR) is 90.9 cm³/mol. The maximum Gasteiger partial charge on any atom is 0.243 e. The van der Waals surface area contributed by atoms with Crippen molar-refractivity contribution < 1.29 is 8.42 Å². The molecule has 2 heterocycles. The Kier molecular flexibility index (Phi) is 4.37. The monoisotopic (exact) mass is 331 g/mol. The highest BCUT2D eigenvalue weighted by molar-refractivity contribution is 7.89. The summed E-state index contributed by atoms with van der Waals surface area (Å²) in [5.74, 6) is 0.839. The van der Waals surface area contributed by atoms with Crippen LogP contribution in [-0.4, -0.2) is 38.3 Å². The van der Waals surface area contributed by atoms with Gasteiger partial charge in [-0.15, -0.1) is 0 Å². The fourth-order valence-electron chi connectivity index (χ4n) is 2.97. The maximum absolute atomic E-state index is 12.9. The molecule has 0 aliphatic carbocycles. The van der Waals surface area contributed by atoms with E-state index in [1.165, 1.54) is 0 Å². The van der Waals surface area contributed by atoms with E-state index in [2.05, 4.69) is 4.98 Å². The van der Waals surface area contributed by atoms with E-state index >= 15 is 0 Å². The van der Waals surface area contributed by atoms with Crippen molar-refractivity contribution in [2.24, 2.45) is 0 Å². The fourth-order valence-corrected chi connectivity index (χ4v) is 4.68. The van der Waals surface area contributed by atoms with Crippen molar-refractivity contribution >= 4 is 15.8 Å². The van der Waals surface area contributed by atoms with Crippen LogP contribution < -0.4 is 4.90 Å². The van der Waals surface area contributed by atoms with Gasteiger partial charge in [0.25, 0.3) is 0 Å². The number of sulfonamides is 1. The van der Waals surface area contributed by atoms with Crippen LogP contribution in [0.1, 0.15) is 24.4 Å². The molecule has 0 saturated carbocycles. The Labute approximate surface area is 137 Å². The first-order chi connectivity index (χ1) is 11.0. The van der Waals surface area contributed by atoms with Crippen molar-refractivity contribution in [2.75, 3.05) is 25.5 Å². The molecule has 6 heteroatoms. The molecule has 0 unspecified atom stereocenters. The predicted octanol–water partition coefficient (Wildman–Crippen LogP) is 2.67. The van der Waals surface area contributed by atoms with E-state index in [9.17, 15) is 8.42 Å². The quantitative estimate of drug-likeness (QED) is 0.864. The normalized spacial score (nSPS) is 19.0. The second-order valence-corrected chi connectivity index (χ2v) is 7.82. The van der Waals surface area contributed by atoms with E-state index in [0.29, 0.717) is 11.4 Å². The zero-order valence-corrected chi connectivity index (χ0v) is 14.2. The van der Waals surface area contributed by atoms with Gasteiger partial charge in [0.15, 0.2) is 0 Å². The minimum Gasteiger partial charge on any atom is -0.363 e. The summed E-state index contributed by atoms with van der Waals surface area (Å²) in [6.07, 6.45) is 3.45. The second-order valence-electron chi connectivity index (χ2n) is 5.93. The summed E-state index contributed by atoms with van der Waals surface area (Å²) in [7, 11) is 0.390. The van der Waals surface area contributed by atoms with Crippen LogP contribution in [0.25, 0.3) is 0 Å². The molecule has 23 heavy (non-hydrogen) atoms. The van der Waals surface area contributed by atoms with Gasteiger partial charge in [-0.05, 0) is 42.7 Å². The van der Waals surface area contributed by atoms with Crippen molar-refractivity contribution in [1.29, 1.82) is 0 Å². The molecule has 3 rings (SSSR count). The van der Waals surface area contributed by atoms with E-state index in [4.69, 9.17) is 0 Å². The third kappa shape index (κ3) is 3.09. The molecule has 0 bridgehead atoms. The summed E-state index contributed by atoms with van der Waals surface area (Å²) < 4.78 is 27.5. The summed E-state index contributed by atoms with van der Waals surface area (Å²) in [4.78, 5) is 6.59. The lowest BCUT2D eigenvalue weighted by molar-refractivity contribution is 0.396. The van der Waals surface area contributed by atoms with Crippen LogP contribution in [0.3, 0.4) is 0 Å². The van der Waals surface area contributed by atoms with Crippen LogP contribution in [-0.2, 0) is 10.0 Å². The first-order valence-electron chi connectivity index (χ1n) is 7.70. The van der Waals surface area contributed by atoms with Crippen molar-refractivity contribution in [3.63, 3.8) is 0 Å². The Morgan fingerprint density at radius 3 is 2.61 bits per heavy atom. The van der Waals surface area contributed by atoms with Gasteiger partial charge in [-0.3, -0.25) is 0 Å². The van der Waals surface area contributed by atoms with Gasteiger partial charge in [-0.25, -0.2) is 13.4 Å². The highest BCUT2D eigenvalue weighted by atomic mass is 32.2. The molecule has 1 atom stereocenters. The zero-order chi connectivity index (χ0) is 16.4. The highest BCUT2D eigenvalue weighted by Gasteiger charge is 2.36. The van der Waals surface area contributed by atoms with Gasteiger partial charge in [0.05, 0.1) is 10.9 Å². The van der Waals surface area contributed by atoms with Gasteiger partial charge in [0, 0.05) is 26.8 Å². The van der Waals surface area contributed by atoms with Gasteiger partial charge in [0.1, 0.15) is 5.82 Å². The number of nitrogens with zero attached hydrogens (tertiary/aromatic N) is 3. The fraction of sp³-hybridized carbons (Fsp3) is 0.353. The number of hydrogen-bond acceptors (Lipinski definition) is 4. The molecule has 1 aliphatic heterocycles. The summed E-state index contributed by atoms with van der Waals surface area (Å²) in [5.41, 5.74) is 1.00. The smallest absolute Gasteiger partial charge is 0.243 e. The number of hydrogen-bond donors (Lipinski definition) is 0. The van der Waals surface area contributed by atoms with Crippen LogP contribution in [0.2, 0.25) is 0 Å². The largest absolute Gasteiger partial charge is 0.363 e. The third-order valence-corrected chi connectivity index (χ3v) is 6.09. The molecule has 0 amide bonds. The van der Waals surface area contributed by atoms with Gasteiger partial charge in [0.2, 0.25) is 10.0 Å². The van der Waals surface area contributed by atoms with E-state index in [1.807, 2.05) is 37.2 Å². The SMILES string of the molecule is CN(C)c1cc([C@@H]2CCCN2S(=O)(=O)c2ccccc2)ccn1. The molecule has 1 aromatic carbocycles. The average Bonchev–Trinajstić information content (AvgIpc) is 3.06. The minimum absolute atomic E-state index is 0.123. The van der Waals surface area contributed by atoms with Crippen LogP contribution in [0.4, 0.5) is 5.82 Å². The number of benzene rings is 1. The summed E-state index contributed by atoms with van der Waals surface area (Å²) in [6, 6.07) is 12.4. The standard InChI is InChI=1S/C17H21N3O2S/c1-19(2)17-13-14(10-11-18-17)16-9-6-12-20(16)23(21,22)15-7-4-3-5-8-15/h3-5,7-8,10-11,13,16H,6,9,12H2,1-2H3/t16-/m0/s1. The van der Waals surface area contributed by atoms with E-state index in [1.54, 1.807) is 34.8 Å². The average molecular weight is 331 g/mol. The molecule has 0 spiro atoms. The van der Waals surface area contributed by atoms with Crippen molar-refractivity contribution in [1.82, 2.24) is 9.29 Å². The molecule has 0 N–H and O–H groups in total. The summed E-state index contributed by atoms with van der Waals surface area (Å²) in [5, 5.41) is 0. The van der Waals surface area contributed by atoms with E-state index in [-0.39, 0.29) is 6.04 Å². The van der Waals surface area contributed by atoms with Crippen molar-refractivity contribution in [2.45, 2.75) is 23.8 Å². The number of rotatable bonds is 4. The number of anilines is 1. The Bertz CT molecular complexity index is 775. The molecule has 1 aromatic heterocycles. The summed E-state index contributed by atoms with van der Waals surface area (Å²) in [6.45, 7) is 0.557. The van der Waals surface area contributed by atoms with Crippen molar-refractivity contribution in [3.05, 3.63) is 54.2 Å².